The van der Waals surface area contributed by atoms with Gasteiger partial charge in [0, 0.05) is 12.4 Å². The number of carbonyl (C=O) groups is 1. The van der Waals surface area contributed by atoms with E-state index < -0.39 is 11.6 Å². The predicted octanol–water partition coefficient (Wildman–Crippen LogP) is -1.42. The Bertz CT molecular complexity index is 170. The highest BCUT2D eigenvalue weighted by molar-refractivity contribution is 5.65. The molecule has 1 N–H and O–H groups in total. The van der Waals surface area contributed by atoms with E-state index in [1.165, 1.54) is 6.92 Å². The molecule has 0 bridgehead atoms. The van der Waals surface area contributed by atoms with Gasteiger partial charge in [0.25, 0.3) is 0 Å². The van der Waals surface area contributed by atoms with Crippen LogP contribution in [-0.4, -0.2) is 48.8 Å². The van der Waals surface area contributed by atoms with Crippen molar-refractivity contribution in [2.24, 2.45) is 0 Å². The molecular formula is C8H17NO3. The summed E-state index contributed by atoms with van der Waals surface area (Å²) in [7, 11) is 5.68. The van der Waals surface area contributed by atoms with E-state index in [0.29, 0.717) is 11.0 Å². The highest BCUT2D eigenvalue weighted by Gasteiger charge is 2.28. The van der Waals surface area contributed by atoms with E-state index in [1.54, 1.807) is 0 Å². The summed E-state index contributed by atoms with van der Waals surface area (Å²) in [5.74, 6) is -1.21. The lowest BCUT2D eigenvalue weighted by atomic mass is 10.0. The smallest absolute Gasteiger partial charge is 0.116 e. The minimum Gasteiger partial charge on any atom is -0.550 e. The van der Waals surface area contributed by atoms with Crippen LogP contribution in [0.2, 0.25) is 0 Å². The van der Waals surface area contributed by atoms with Gasteiger partial charge in [0.15, 0.2) is 0 Å². The number of nitrogens with zero attached hydrogens (tertiary/aromatic N) is 1. The summed E-state index contributed by atoms with van der Waals surface area (Å²) in [4.78, 5) is 10.2. The van der Waals surface area contributed by atoms with Gasteiger partial charge in [-0.1, -0.05) is 0 Å². The fourth-order valence-corrected chi connectivity index (χ4v) is 1.39. The predicted molar refractivity (Wildman–Crippen MR) is 43.1 cm³/mol. The monoisotopic (exact) mass is 175 g/mol. The van der Waals surface area contributed by atoms with Crippen LogP contribution in [0.1, 0.15) is 13.3 Å². The third-order valence-corrected chi connectivity index (χ3v) is 1.34. The summed E-state index contributed by atoms with van der Waals surface area (Å²) in [6.45, 7) is 1.90. The van der Waals surface area contributed by atoms with Crippen LogP contribution in [0, 0.1) is 0 Å². The van der Waals surface area contributed by atoms with Crippen LogP contribution in [-0.2, 0) is 4.79 Å². The van der Waals surface area contributed by atoms with Crippen LogP contribution in [0.15, 0.2) is 0 Å². The SMILES string of the molecule is C[C@](O)(CC(=O)[O-])C[N+](C)(C)C. The van der Waals surface area contributed by atoms with Gasteiger partial charge in [-0.3, -0.25) is 0 Å². The molecule has 4 nitrogen and oxygen atoms in total. The second-order valence-electron chi connectivity index (χ2n) is 4.49. The topological polar surface area (TPSA) is 60.4 Å². The van der Waals surface area contributed by atoms with E-state index in [9.17, 15) is 15.0 Å². The maximum atomic E-state index is 10.2. The summed E-state index contributed by atoms with van der Waals surface area (Å²) in [6, 6.07) is 0. The maximum absolute atomic E-state index is 10.2. The van der Waals surface area contributed by atoms with Crippen LogP contribution in [0.25, 0.3) is 0 Å². The van der Waals surface area contributed by atoms with Gasteiger partial charge < -0.3 is 19.5 Å². The van der Waals surface area contributed by atoms with Crippen LogP contribution in [0.5, 0.6) is 0 Å². The van der Waals surface area contributed by atoms with Gasteiger partial charge in [0.1, 0.15) is 12.1 Å². The van der Waals surface area contributed by atoms with Gasteiger partial charge in [-0.2, -0.15) is 0 Å². The van der Waals surface area contributed by atoms with Gasteiger partial charge in [-0.25, -0.2) is 0 Å². The molecule has 0 amide bonds. The first kappa shape index (κ1) is 11.4. The average molecular weight is 175 g/mol. The molecule has 0 rings (SSSR count). The summed E-state index contributed by atoms with van der Waals surface area (Å²) in [5.41, 5.74) is -1.18. The Morgan fingerprint density at radius 1 is 1.50 bits per heavy atom. The molecule has 0 spiro atoms. The first-order valence-corrected chi connectivity index (χ1v) is 3.85. The average Bonchev–Trinajstić information content (AvgIpc) is 1.48. The molecule has 1 atom stereocenters. The number of rotatable bonds is 4. The molecule has 0 fully saturated rings. The van der Waals surface area contributed by atoms with E-state index in [4.69, 9.17) is 0 Å². The van der Waals surface area contributed by atoms with Crippen molar-refractivity contribution in [2.45, 2.75) is 18.9 Å². The second-order valence-corrected chi connectivity index (χ2v) is 4.49. The number of carboxylic acid groups (broad SMARTS) is 1. The first-order valence-electron chi connectivity index (χ1n) is 3.85. The number of likely N-dealkylation sites (N-methyl/N-ethyl adjacent to an activating group) is 1. The zero-order valence-electron chi connectivity index (χ0n) is 8.13. The van der Waals surface area contributed by atoms with E-state index >= 15 is 0 Å². The lowest BCUT2D eigenvalue weighted by Crippen LogP contribution is -2.50. The molecule has 0 saturated heterocycles. The largest absolute Gasteiger partial charge is 0.550 e. The number of carboxylic acids is 1. The fourth-order valence-electron chi connectivity index (χ4n) is 1.39. The van der Waals surface area contributed by atoms with Crippen LogP contribution >= 0.6 is 0 Å². The van der Waals surface area contributed by atoms with E-state index in [2.05, 4.69) is 0 Å². The third-order valence-electron chi connectivity index (χ3n) is 1.34. The third kappa shape index (κ3) is 6.12. The molecular weight excluding hydrogens is 158 g/mol. The van der Waals surface area contributed by atoms with Crippen LogP contribution in [0.4, 0.5) is 0 Å². The van der Waals surface area contributed by atoms with Crippen LogP contribution < -0.4 is 5.11 Å². The Morgan fingerprint density at radius 2 is 1.92 bits per heavy atom. The normalized spacial score (nSPS) is 17.1. The maximum Gasteiger partial charge on any atom is 0.116 e. The van der Waals surface area contributed by atoms with Crippen molar-refractivity contribution in [1.29, 1.82) is 0 Å². The van der Waals surface area contributed by atoms with Crippen molar-refractivity contribution < 1.29 is 19.5 Å². The zero-order chi connectivity index (χ0) is 9.99. The van der Waals surface area contributed by atoms with Crippen molar-refractivity contribution >= 4 is 5.97 Å². The summed E-state index contributed by atoms with van der Waals surface area (Å²) >= 11 is 0. The molecule has 0 aliphatic rings. The zero-order valence-corrected chi connectivity index (χ0v) is 8.13. The lowest BCUT2D eigenvalue weighted by molar-refractivity contribution is -0.876. The molecule has 4 heteroatoms. The van der Waals surface area contributed by atoms with E-state index in [0.717, 1.165) is 0 Å². The first-order chi connectivity index (χ1) is 5.12. The Kier molecular flexibility index (Phi) is 3.24. The van der Waals surface area contributed by atoms with Crippen LogP contribution in [0.3, 0.4) is 0 Å². The fraction of sp³-hybridized carbons (Fsp3) is 0.875. The number of aliphatic carboxylic acids is 1. The molecule has 0 aliphatic heterocycles. The van der Waals surface area contributed by atoms with Gasteiger partial charge in [-0.15, -0.1) is 0 Å². The molecule has 0 aliphatic carbocycles. The van der Waals surface area contributed by atoms with Gasteiger partial charge >= 0.3 is 0 Å². The Balaban J connectivity index is 4.13. The molecule has 0 saturated carbocycles. The van der Waals surface area contributed by atoms with E-state index in [1.807, 2.05) is 21.1 Å². The molecule has 0 aromatic carbocycles. The van der Waals surface area contributed by atoms with Gasteiger partial charge in [0.2, 0.25) is 0 Å². The quantitative estimate of drug-likeness (QED) is 0.534. The van der Waals surface area contributed by atoms with Crippen molar-refractivity contribution in [1.82, 2.24) is 0 Å². The van der Waals surface area contributed by atoms with Gasteiger partial charge in [0.05, 0.1) is 21.1 Å². The second kappa shape index (κ2) is 3.41. The van der Waals surface area contributed by atoms with Gasteiger partial charge in [-0.05, 0) is 6.92 Å². The standard InChI is InChI=1S/C8H17NO3/c1-8(12,5-7(10)11)6-9(2,3)4/h12H,5-6H2,1-4H3/t8-/m0/s1. The highest BCUT2D eigenvalue weighted by atomic mass is 16.4. The molecule has 12 heavy (non-hydrogen) atoms. The van der Waals surface area contributed by atoms with E-state index in [-0.39, 0.29) is 6.42 Å². The van der Waals surface area contributed by atoms with Crippen molar-refractivity contribution in [3.05, 3.63) is 0 Å². The lowest BCUT2D eigenvalue weighted by Gasteiger charge is -2.33. The Morgan fingerprint density at radius 3 is 2.17 bits per heavy atom. The Labute approximate surface area is 73.0 Å². The molecule has 0 heterocycles. The highest BCUT2D eigenvalue weighted by Crippen LogP contribution is 2.12. The van der Waals surface area contributed by atoms with Crippen molar-refractivity contribution in [3.63, 3.8) is 0 Å². The van der Waals surface area contributed by atoms with Crippen molar-refractivity contribution in [3.8, 4) is 0 Å². The number of aliphatic hydroxyl groups is 1. The molecule has 0 unspecified atom stereocenters. The minimum absolute atomic E-state index is 0.317. The van der Waals surface area contributed by atoms with Crippen molar-refractivity contribution in [2.75, 3.05) is 27.7 Å². The number of carbonyl (C=O) groups excluding carboxylic acids is 1. The summed E-state index contributed by atoms with van der Waals surface area (Å²) in [6.07, 6.45) is -0.317. The molecule has 0 aromatic rings. The number of hydrogen-bond donors (Lipinski definition) is 1. The number of hydrogen-bond acceptors (Lipinski definition) is 3. The molecule has 0 aromatic heterocycles. The minimum atomic E-state index is -1.21. The summed E-state index contributed by atoms with van der Waals surface area (Å²) in [5, 5.41) is 19.8. The molecule has 0 radical (unpaired) electrons. The Hall–Kier alpha value is -0.610. The summed E-state index contributed by atoms with van der Waals surface area (Å²) < 4.78 is 0.528. The molecule has 72 valence electrons. The number of quaternary nitrogens is 1.